The summed E-state index contributed by atoms with van der Waals surface area (Å²) in [6.07, 6.45) is 28.5. The fourth-order valence-electron chi connectivity index (χ4n) is 8.29. The zero-order chi connectivity index (χ0) is 45.0. The van der Waals surface area contributed by atoms with Gasteiger partial charge in [-0.05, 0) is 12.8 Å². The summed E-state index contributed by atoms with van der Waals surface area (Å²) >= 11 is 0. The van der Waals surface area contributed by atoms with E-state index in [1.165, 1.54) is 154 Å². The molecule has 13 nitrogen and oxygen atoms in total. The molecule has 8 atom stereocenters. The summed E-state index contributed by atoms with van der Waals surface area (Å²) in [6, 6.07) is -1.03. The lowest BCUT2D eigenvalue weighted by atomic mass is 9.99. The molecule has 0 saturated carbocycles. The molecule has 14 heteroatoms. The third-order valence-corrected chi connectivity index (χ3v) is 12.7. The molecule has 0 aromatic heterocycles. The van der Waals surface area contributed by atoms with Gasteiger partial charge in [0, 0.05) is 0 Å². The smallest absolute Gasteiger partial charge is 0.394 e. The number of hydrogen-bond donors (Lipinski definition) is 7. The Bertz CT molecular complexity index is 1120. The van der Waals surface area contributed by atoms with Gasteiger partial charge in [-0.25, -0.2) is 4.18 Å². The highest BCUT2D eigenvalue weighted by Gasteiger charge is 2.48. The van der Waals surface area contributed by atoms with Crippen molar-refractivity contribution >= 4 is 16.3 Å². The molecule has 1 amide bonds. The Morgan fingerprint density at radius 2 is 0.951 bits per heavy atom. The van der Waals surface area contributed by atoms with E-state index in [0.717, 1.165) is 38.5 Å². The monoisotopic (exact) mass is 896 g/mol. The highest BCUT2D eigenvalue weighted by Crippen LogP contribution is 2.26. The van der Waals surface area contributed by atoms with Gasteiger partial charge in [0.25, 0.3) is 0 Å². The van der Waals surface area contributed by atoms with Gasteiger partial charge in [0.05, 0.1) is 25.4 Å². The van der Waals surface area contributed by atoms with E-state index in [-0.39, 0.29) is 6.42 Å². The molecule has 1 fully saturated rings. The Morgan fingerprint density at radius 3 is 1.31 bits per heavy atom. The quantitative estimate of drug-likeness (QED) is 0.0226. The van der Waals surface area contributed by atoms with Gasteiger partial charge in [-0.1, -0.05) is 219 Å². The second kappa shape index (κ2) is 38.3. The van der Waals surface area contributed by atoms with Crippen LogP contribution in [0.1, 0.15) is 232 Å². The number of rotatable bonds is 43. The second-order valence-corrected chi connectivity index (χ2v) is 19.0. The molecule has 7 N–H and O–H groups in total. The summed E-state index contributed by atoms with van der Waals surface area (Å²) in [7, 11) is -5.11. The minimum Gasteiger partial charge on any atom is -0.394 e. The summed E-state index contributed by atoms with van der Waals surface area (Å²) in [5, 5.41) is 55.5. The van der Waals surface area contributed by atoms with Gasteiger partial charge in [-0.3, -0.25) is 9.35 Å². The third kappa shape index (κ3) is 30.8. The van der Waals surface area contributed by atoms with Crippen LogP contribution in [0, 0.1) is 0 Å². The van der Waals surface area contributed by atoms with Crippen LogP contribution < -0.4 is 5.32 Å². The number of aliphatic hydroxyl groups is 5. The molecule has 0 aromatic rings. The van der Waals surface area contributed by atoms with Crippen molar-refractivity contribution in [2.45, 2.75) is 281 Å². The molecular formula is C47H93NO12S. The largest absolute Gasteiger partial charge is 0.397 e. The van der Waals surface area contributed by atoms with Crippen molar-refractivity contribution < 1.29 is 57.0 Å². The zero-order valence-electron chi connectivity index (χ0n) is 38.6. The molecule has 364 valence electrons. The average molecular weight is 896 g/mol. The molecular weight excluding hydrogens is 803 g/mol. The molecule has 0 spiro atoms. The molecule has 1 heterocycles. The van der Waals surface area contributed by atoms with E-state index in [1.807, 2.05) is 0 Å². The fraction of sp³-hybridized carbons (Fsp3) is 0.979. The van der Waals surface area contributed by atoms with Crippen molar-refractivity contribution in [1.29, 1.82) is 0 Å². The Balaban J connectivity index is 2.50. The van der Waals surface area contributed by atoms with Crippen LogP contribution in [0.2, 0.25) is 0 Å². The Kier molecular flexibility index (Phi) is 36.5. The molecule has 61 heavy (non-hydrogen) atoms. The van der Waals surface area contributed by atoms with Crippen LogP contribution in [0.15, 0.2) is 0 Å². The number of carbonyl (C=O) groups is 1. The SMILES string of the molecule is CCCCCCCCCCCCCCCCCCCC(O)C(=O)NC(COC1OC(CO)C(O)C(OS(=O)(=O)O)C1O)C(O)CCCCCCCCCCCCCCCCC. The number of amides is 1. The molecule has 8 unspecified atom stereocenters. The van der Waals surface area contributed by atoms with Crippen LogP contribution in [-0.4, -0.2) is 107 Å². The number of unbranched alkanes of at least 4 members (excludes halogenated alkanes) is 30. The highest BCUT2D eigenvalue weighted by atomic mass is 32.3. The van der Waals surface area contributed by atoms with Crippen molar-refractivity contribution in [3.63, 3.8) is 0 Å². The number of nitrogens with one attached hydrogen (secondary N) is 1. The minimum atomic E-state index is -5.11. The lowest BCUT2D eigenvalue weighted by Gasteiger charge is -2.41. The van der Waals surface area contributed by atoms with Gasteiger partial charge in [-0.15, -0.1) is 0 Å². The molecule has 0 aliphatic carbocycles. The molecule has 0 bridgehead atoms. The number of carbonyl (C=O) groups excluding carboxylic acids is 1. The first-order valence-corrected chi connectivity index (χ1v) is 26.4. The number of ether oxygens (including phenoxy) is 2. The Labute approximate surface area is 371 Å². The van der Waals surface area contributed by atoms with Gasteiger partial charge in [-0.2, -0.15) is 8.42 Å². The predicted octanol–water partition coefficient (Wildman–Crippen LogP) is 9.14. The van der Waals surface area contributed by atoms with E-state index < -0.39 is 78.5 Å². The maximum Gasteiger partial charge on any atom is 0.397 e. The summed E-state index contributed by atoms with van der Waals surface area (Å²) < 4.78 is 47.6. The predicted molar refractivity (Wildman–Crippen MR) is 242 cm³/mol. The molecule has 1 aliphatic heterocycles. The lowest BCUT2D eigenvalue weighted by molar-refractivity contribution is -0.298. The Morgan fingerprint density at radius 1 is 0.590 bits per heavy atom. The second-order valence-electron chi connectivity index (χ2n) is 17.9. The van der Waals surface area contributed by atoms with Crippen molar-refractivity contribution in [3.8, 4) is 0 Å². The topological polar surface area (TPSA) is 212 Å². The maximum absolute atomic E-state index is 13.2. The molecule has 1 saturated heterocycles. The summed E-state index contributed by atoms with van der Waals surface area (Å²) in [6.45, 7) is 3.30. The normalized spacial score (nSPS) is 21.1. The van der Waals surface area contributed by atoms with Gasteiger partial charge >= 0.3 is 10.4 Å². The van der Waals surface area contributed by atoms with E-state index in [9.17, 15) is 43.3 Å². The zero-order valence-corrected chi connectivity index (χ0v) is 39.4. The van der Waals surface area contributed by atoms with Crippen LogP contribution in [0.5, 0.6) is 0 Å². The van der Waals surface area contributed by atoms with E-state index >= 15 is 0 Å². The minimum absolute atomic E-state index is 0.266. The van der Waals surface area contributed by atoms with Crippen LogP contribution in [-0.2, 0) is 28.9 Å². The Hall–Kier alpha value is -0.940. The number of aliphatic hydroxyl groups excluding tert-OH is 5. The first-order valence-electron chi connectivity index (χ1n) is 25.0. The summed E-state index contributed by atoms with van der Waals surface area (Å²) in [5.74, 6) is -0.665. The van der Waals surface area contributed by atoms with Crippen molar-refractivity contribution in [2.24, 2.45) is 0 Å². The van der Waals surface area contributed by atoms with Gasteiger partial charge < -0.3 is 40.3 Å². The van der Waals surface area contributed by atoms with Crippen LogP contribution in [0.3, 0.4) is 0 Å². The highest BCUT2D eigenvalue weighted by molar-refractivity contribution is 7.80. The van der Waals surface area contributed by atoms with Gasteiger partial charge in [0.1, 0.15) is 30.5 Å². The molecule has 1 rings (SSSR count). The summed E-state index contributed by atoms with van der Waals surface area (Å²) in [5.41, 5.74) is 0. The third-order valence-electron chi connectivity index (χ3n) is 12.3. The molecule has 0 radical (unpaired) electrons. The van der Waals surface area contributed by atoms with Crippen LogP contribution >= 0.6 is 0 Å². The van der Waals surface area contributed by atoms with E-state index in [2.05, 4.69) is 23.3 Å². The fourth-order valence-corrected chi connectivity index (χ4v) is 8.80. The maximum atomic E-state index is 13.2. The van der Waals surface area contributed by atoms with Crippen LogP contribution in [0.4, 0.5) is 0 Å². The van der Waals surface area contributed by atoms with Crippen molar-refractivity contribution in [2.75, 3.05) is 13.2 Å². The van der Waals surface area contributed by atoms with Crippen molar-refractivity contribution in [1.82, 2.24) is 5.32 Å². The van der Waals surface area contributed by atoms with Crippen LogP contribution in [0.25, 0.3) is 0 Å². The lowest BCUT2D eigenvalue weighted by Crippen LogP contribution is -2.61. The van der Waals surface area contributed by atoms with E-state index in [1.54, 1.807) is 0 Å². The van der Waals surface area contributed by atoms with E-state index in [4.69, 9.17) is 9.47 Å². The average Bonchev–Trinajstić information content (AvgIpc) is 3.23. The molecule has 0 aromatic carbocycles. The first-order chi connectivity index (χ1) is 29.4. The van der Waals surface area contributed by atoms with Crippen molar-refractivity contribution in [3.05, 3.63) is 0 Å². The number of hydrogen-bond acceptors (Lipinski definition) is 11. The van der Waals surface area contributed by atoms with Gasteiger partial charge in [0.15, 0.2) is 6.29 Å². The standard InChI is InChI=1S/C47H93NO12S/c1-3-5-7-9-11-13-15-17-19-20-22-24-26-28-30-32-34-36-41(51)46(54)48-39(38-58-47-44(53)45(60-61(55,56)57)43(52)42(37-49)59-47)40(50)35-33-31-29-27-25-23-21-18-16-14-12-10-8-6-4-2/h39-45,47,49-53H,3-38H2,1-2H3,(H,48,54)(H,55,56,57). The molecule has 1 aliphatic rings. The van der Waals surface area contributed by atoms with E-state index in [0.29, 0.717) is 19.3 Å². The first kappa shape index (κ1) is 58.1. The summed E-state index contributed by atoms with van der Waals surface area (Å²) in [4.78, 5) is 13.2. The van der Waals surface area contributed by atoms with Gasteiger partial charge in [0.2, 0.25) is 5.91 Å².